The quantitative estimate of drug-likeness (QED) is 0.714. The molecule has 0 aliphatic carbocycles. The highest BCUT2D eigenvalue weighted by Crippen LogP contribution is 2.11. The van der Waals surface area contributed by atoms with Gasteiger partial charge in [0.05, 0.1) is 5.69 Å². The van der Waals surface area contributed by atoms with E-state index in [1.165, 1.54) is 0 Å². The third kappa shape index (κ3) is 4.61. The van der Waals surface area contributed by atoms with E-state index in [4.69, 9.17) is 0 Å². The Labute approximate surface area is 124 Å². The van der Waals surface area contributed by atoms with Crippen molar-refractivity contribution in [2.24, 2.45) is 0 Å². The highest BCUT2D eigenvalue weighted by atomic mass is 16.3. The van der Waals surface area contributed by atoms with Crippen LogP contribution in [0.15, 0.2) is 54.6 Å². The van der Waals surface area contributed by atoms with Crippen molar-refractivity contribution in [1.29, 1.82) is 0 Å². The zero-order valence-electron chi connectivity index (χ0n) is 12.0. The van der Waals surface area contributed by atoms with Gasteiger partial charge in [0.15, 0.2) is 0 Å². The third-order valence-electron chi connectivity index (χ3n) is 3.32. The molecule has 0 aliphatic rings. The Bertz CT molecular complexity index is 584. The summed E-state index contributed by atoms with van der Waals surface area (Å²) < 4.78 is 0. The maximum atomic E-state index is 11.8. The van der Waals surface area contributed by atoms with Crippen molar-refractivity contribution in [3.8, 4) is 0 Å². The second-order valence-electron chi connectivity index (χ2n) is 4.97. The van der Waals surface area contributed by atoms with Crippen LogP contribution in [0.3, 0.4) is 0 Å². The highest BCUT2D eigenvalue weighted by Gasteiger charge is 2.14. The summed E-state index contributed by atoms with van der Waals surface area (Å²) in [5, 5.41) is 9.87. The number of nitrogens with one attached hydrogen (secondary N) is 2. The summed E-state index contributed by atoms with van der Waals surface area (Å²) in [6, 6.07) is 17.4. The Morgan fingerprint density at radius 2 is 1.76 bits per heavy atom. The SMILES string of the molecule is Cc1ccccc1NNC(=O)[C@H](O)CCc1ccccc1. The Morgan fingerprint density at radius 3 is 2.48 bits per heavy atom. The number of anilines is 1. The summed E-state index contributed by atoms with van der Waals surface area (Å²) in [4.78, 5) is 11.8. The molecule has 1 atom stereocenters. The minimum absolute atomic E-state index is 0.394. The summed E-state index contributed by atoms with van der Waals surface area (Å²) in [5.74, 6) is -0.422. The molecule has 110 valence electrons. The van der Waals surface area contributed by atoms with Crippen LogP contribution in [0.4, 0.5) is 5.69 Å². The number of aryl methyl sites for hydroxylation is 2. The molecule has 4 nitrogen and oxygen atoms in total. The first-order valence-corrected chi connectivity index (χ1v) is 7.00. The van der Waals surface area contributed by atoms with Crippen LogP contribution in [0, 0.1) is 6.92 Å². The number of benzene rings is 2. The van der Waals surface area contributed by atoms with E-state index in [1.807, 2.05) is 61.5 Å². The average Bonchev–Trinajstić information content (AvgIpc) is 2.52. The number of rotatable bonds is 6. The van der Waals surface area contributed by atoms with E-state index in [9.17, 15) is 9.90 Å². The predicted molar refractivity (Wildman–Crippen MR) is 83.7 cm³/mol. The summed E-state index contributed by atoms with van der Waals surface area (Å²) in [5.41, 5.74) is 8.32. The molecule has 0 aliphatic heterocycles. The molecule has 0 saturated carbocycles. The summed E-state index contributed by atoms with van der Waals surface area (Å²) >= 11 is 0. The van der Waals surface area contributed by atoms with Gasteiger partial charge >= 0.3 is 0 Å². The van der Waals surface area contributed by atoms with Gasteiger partial charge in [0.2, 0.25) is 0 Å². The molecule has 2 aromatic carbocycles. The molecule has 2 rings (SSSR count). The van der Waals surface area contributed by atoms with Crippen LogP contribution in [0.5, 0.6) is 0 Å². The molecule has 0 spiro atoms. The fourth-order valence-electron chi connectivity index (χ4n) is 2.00. The molecule has 0 saturated heterocycles. The molecule has 0 radical (unpaired) electrons. The summed E-state index contributed by atoms with van der Waals surface area (Å²) in [6.45, 7) is 1.94. The van der Waals surface area contributed by atoms with Gasteiger partial charge in [-0.1, -0.05) is 48.5 Å². The number of para-hydroxylation sites is 1. The maximum Gasteiger partial charge on any atom is 0.267 e. The van der Waals surface area contributed by atoms with Crippen LogP contribution in [-0.4, -0.2) is 17.1 Å². The van der Waals surface area contributed by atoms with Crippen molar-refractivity contribution in [2.75, 3.05) is 5.43 Å². The zero-order valence-corrected chi connectivity index (χ0v) is 12.0. The first kappa shape index (κ1) is 15.1. The van der Waals surface area contributed by atoms with Gasteiger partial charge in [-0.3, -0.25) is 15.6 Å². The van der Waals surface area contributed by atoms with E-state index in [0.717, 1.165) is 16.8 Å². The number of amides is 1. The largest absolute Gasteiger partial charge is 0.383 e. The van der Waals surface area contributed by atoms with Crippen LogP contribution in [0.1, 0.15) is 17.5 Å². The Hall–Kier alpha value is -2.33. The van der Waals surface area contributed by atoms with E-state index in [-0.39, 0.29) is 0 Å². The van der Waals surface area contributed by atoms with Crippen molar-refractivity contribution in [2.45, 2.75) is 25.9 Å². The lowest BCUT2D eigenvalue weighted by Gasteiger charge is -2.14. The third-order valence-corrected chi connectivity index (χ3v) is 3.32. The van der Waals surface area contributed by atoms with Crippen LogP contribution in [-0.2, 0) is 11.2 Å². The zero-order chi connectivity index (χ0) is 15.1. The molecular weight excluding hydrogens is 264 g/mol. The lowest BCUT2D eigenvalue weighted by Crippen LogP contribution is -2.38. The minimum atomic E-state index is -1.03. The molecule has 0 fully saturated rings. The van der Waals surface area contributed by atoms with Crippen LogP contribution < -0.4 is 10.9 Å². The Morgan fingerprint density at radius 1 is 1.10 bits per heavy atom. The monoisotopic (exact) mass is 284 g/mol. The van der Waals surface area contributed by atoms with E-state index in [1.54, 1.807) is 0 Å². The van der Waals surface area contributed by atoms with E-state index < -0.39 is 12.0 Å². The lowest BCUT2D eigenvalue weighted by molar-refractivity contribution is -0.129. The number of aliphatic hydroxyl groups excluding tert-OH is 1. The van der Waals surface area contributed by atoms with E-state index in [0.29, 0.717) is 12.8 Å². The van der Waals surface area contributed by atoms with E-state index >= 15 is 0 Å². The standard InChI is InChI=1S/C17H20N2O2/c1-13-7-5-6-10-15(13)18-19-17(21)16(20)12-11-14-8-3-2-4-9-14/h2-10,16,18,20H,11-12H2,1H3,(H,19,21)/t16-/m1/s1. The molecule has 2 aromatic rings. The summed E-state index contributed by atoms with van der Waals surface area (Å²) in [7, 11) is 0. The first-order chi connectivity index (χ1) is 10.2. The number of carbonyl (C=O) groups is 1. The molecule has 0 bridgehead atoms. The molecule has 0 heterocycles. The fraction of sp³-hybridized carbons (Fsp3) is 0.235. The van der Waals surface area contributed by atoms with Crippen LogP contribution in [0.2, 0.25) is 0 Å². The second kappa shape index (κ2) is 7.45. The molecule has 21 heavy (non-hydrogen) atoms. The number of aliphatic hydroxyl groups is 1. The Kier molecular flexibility index (Phi) is 5.35. The Balaban J connectivity index is 1.79. The first-order valence-electron chi connectivity index (χ1n) is 7.00. The average molecular weight is 284 g/mol. The van der Waals surface area contributed by atoms with Crippen molar-refractivity contribution < 1.29 is 9.90 Å². The lowest BCUT2D eigenvalue weighted by atomic mass is 10.1. The molecule has 3 N–H and O–H groups in total. The van der Waals surface area contributed by atoms with E-state index in [2.05, 4.69) is 10.9 Å². The molecular formula is C17H20N2O2. The topological polar surface area (TPSA) is 61.4 Å². The van der Waals surface area contributed by atoms with Crippen molar-refractivity contribution in [3.63, 3.8) is 0 Å². The van der Waals surface area contributed by atoms with Gasteiger partial charge < -0.3 is 5.11 Å². The van der Waals surface area contributed by atoms with Gasteiger partial charge in [0, 0.05) is 0 Å². The van der Waals surface area contributed by atoms with Crippen LogP contribution in [0.25, 0.3) is 0 Å². The predicted octanol–water partition coefficient (Wildman–Crippen LogP) is 2.43. The fourth-order valence-corrected chi connectivity index (χ4v) is 2.00. The second-order valence-corrected chi connectivity index (χ2v) is 4.97. The highest BCUT2D eigenvalue weighted by molar-refractivity contribution is 5.81. The number of hydrogen-bond acceptors (Lipinski definition) is 3. The molecule has 0 unspecified atom stereocenters. The van der Waals surface area contributed by atoms with Crippen molar-refractivity contribution >= 4 is 11.6 Å². The van der Waals surface area contributed by atoms with Gasteiger partial charge in [-0.05, 0) is 37.0 Å². The van der Waals surface area contributed by atoms with Gasteiger partial charge in [-0.25, -0.2) is 0 Å². The van der Waals surface area contributed by atoms with Gasteiger partial charge in [-0.2, -0.15) is 0 Å². The van der Waals surface area contributed by atoms with Crippen molar-refractivity contribution in [1.82, 2.24) is 5.43 Å². The molecule has 1 amide bonds. The van der Waals surface area contributed by atoms with Crippen LogP contribution >= 0.6 is 0 Å². The van der Waals surface area contributed by atoms with Gasteiger partial charge in [0.1, 0.15) is 6.10 Å². The summed E-state index contributed by atoms with van der Waals surface area (Å²) in [6.07, 6.45) is 0.0344. The number of hydrogen-bond donors (Lipinski definition) is 3. The van der Waals surface area contributed by atoms with Gasteiger partial charge in [-0.15, -0.1) is 0 Å². The molecule has 4 heteroatoms. The number of hydrazine groups is 1. The molecule has 0 aromatic heterocycles. The van der Waals surface area contributed by atoms with Gasteiger partial charge in [0.25, 0.3) is 5.91 Å². The number of carbonyl (C=O) groups excluding carboxylic acids is 1. The smallest absolute Gasteiger partial charge is 0.267 e. The minimum Gasteiger partial charge on any atom is -0.383 e. The normalized spacial score (nSPS) is 11.7. The maximum absolute atomic E-state index is 11.8. The van der Waals surface area contributed by atoms with Crippen molar-refractivity contribution in [3.05, 3.63) is 65.7 Å².